The average Bonchev–Trinajstić information content (AvgIpc) is 3.36. The van der Waals surface area contributed by atoms with Gasteiger partial charge in [-0.2, -0.15) is 0 Å². The number of benzene rings is 2. The van der Waals surface area contributed by atoms with Crippen molar-refractivity contribution < 1.29 is 9.53 Å². The summed E-state index contributed by atoms with van der Waals surface area (Å²) in [5, 5.41) is 2.16. The summed E-state index contributed by atoms with van der Waals surface area (Å²) in [5.74, 6) is 2.73. The molecule has 0 spiro atoms. The van der Waals surface area contributed by atoms with E-state index in [1.54, 1.807) is 0 Å². The molecule has 0 radical (unpaired) electrons. The van der Waals surface area contributed by atoms with Crippen LogP contribution in [-0.4, -0.2) is 41.9 Å². The molecule has 172 valence electrons. The highest BCUT2D eigenvalue weighted by Gasteiger charge is 2.35. The van der Waals surface area contributed by atoms with Gasteiger partial charge in [0, 0.05) is 47.1 Å². The molecule has 3 aromatic rings. The van der Waals surface area contributed by atoms with Crippen molar-refractivity contribution in [3.63, 3.8) is 0 Å². The zero-order valence-electron chi connectivity index (χ0n) is 19.5. The second-order valence-corrected chi connectivity index (χ2v) is 10.1. The van der Waals surface area contributed by atoms with Crippen LogP contribution in [0.25, 0.3) is 0 Å². The Morgan fingerprint density at radius 2 is 1.76 bits per heavy atom. The number of hydrogen-bond acceptors (Lipinski definition) is 4. The van der Waals surface area contributed by atoms with Crippen molar-refractivity contribution in [1.82, 2.24) is 9.80 Å². The van der Waals surface area contributed by atoms with Crippen molar-refractivity contribution in [3.05, 3.63) is 81.5 Å². The van der Waals surface area contributed by atoms with Crippen LogP contribution in [0.3, 0.4) is 0 Å². The van der Waals surface area contributed by atoms with Crippen LogP contribution in [0.5, 0.6) is 11.5 Å². The lowest BCUT2D eigenvalue weighted by molar-refractivity contribution is 0.0772. The molecule has 1 atom stereocenters. The molecule has 4 nitrogen and oxygen atoms in total. The number of nitrogens with zero attached hydrogens (tertiary/aromatic N) is 2. The highest BCUT2D eigenvalue weighted by molar-refractivity contribution is 7.09. The number of carbonyl (C=O) groups is 1. The van der Waals surface area contributed by atoms with Gasteiger partial charge in [0.25, 0.3) is 5.91 Å². The van der Waals surface area contributed by atoms with E-state index in [-0.39, 0.29) is 5.91 Å². The predicted octanol–water partition coefficient (Wildman–Crippen LogP) is 6.38. The number of likely N-dealkylation sites (tertiary alicyclic amines) is 1. The van der Waals surface area contributed by atoms with Gasteiger partial charge in [-0.3, -0.25) is 9.69 Å². The first-order chi connectivity index (χ1) is 16.2. The van der Waals surface area contributed by atoms with Crippen molar-refractivity contribution in [2.24, 2.45) is 5.92 Å². The van der Waals surface area contributed by atoms with E-state index >= 15 is 0 Å². The van der Waals surface area contributed by atoms with Crippen LogP contribution in [0.15, 0.2) is 60.0 Å². The van der Waals surface area contributed by atoms with E-state index in [1.165, 1.54) is 28.8 Å². The summed E-state index contributed by atoms with van der Waals surface area (Å²) < 4.78 is 6.35. The second kappa shape index (κ2) is 9.70. The predicted molar refractivity (Wildman–Crippen MR) is 134 cm³/mol. The Bertz CT molecular complexity index is 1100. The van der Waals surface area contributed by atoms with Gasteiger partial charge in [0.05, 0.1) is 0 Å². The third kappa shape index (κ3) is 4.44. The number of thiophene rings is 1. The van der Waals surface area contributed by atoms with Crippen LogP contribution in [0.2, 0.25) is 0 Å². The lowest BCUT2D eigenvalue weighted by Crippen LogP contribution is -2.36. The summed E-state index contributed by atoms with van der Waals surface area (Å²) in [6, 6.07) is 18.9. The van der Waals surface area contributed by atoms with Crippen LogP contribution in [0, 0.1) is 5.92 Å². The van der Waals surface area contributed by atoms with Crippen LogP contribution >= 0.6 is 11.3 Å². The minimum atomic E-state index is 0.0729. The number of piperidine rings is 1. The van der Waals surface area contributed by atoms with Crippen molar-refractivity contribution in [1.29, 1.82) is 0 Å². The van der Waals surface area contributed by atoms with Gasteiger partial charge in [0.15, 0.2) is 0 Å². The Labute approximate surface area is 200 Å². The molecular weight excluding hydrogens is 428 g/mol. The number of ether oxygens (including phenoxy) is 1. The van der Waals surface area contributed by atoms with E-state index in [0.717, 1.165) is 31.1 Å². The number of amides is 1. The third-order valence-electron chi connectivity index (χ3n) is 7.18. The molecule has 2 aliphatic rings. The number of fused-ring (bicyclic) bond motifs is 2. The van der Waals surface area contributed by atoms with Gasteiger partial charge < -0.3 is 9.64 Å². The molecule has 5 rings (SSSR count). The number of carbonyl (C=O) groups excluding carboxylic acids is 1. The molecule has 1 aromatic heterocycles. The van der Waals surface area contributed by atoms with Crippen molar-refractivity contribution in [2.45, 2.75) is 39.2 Å². The molecule has 0 saturated carbocycles. The van der Waals surface area contributed by atoms with Crippen LogP contribution in [0.1, 0.15) is 59.0 Å². The quantitative estimate of drug-likeness (QED) is 0.428. The molecule has 1 fully saturated rings. The maximum atomic E-state index is 13.0. The van der Waals surface area contributed by atoms with E-state index < -0.39 is 0 Å². The zero-order chi connectivity index (χ0) is 22.8. The Hall–Kier alpha value is -2.63. The first-order valence-electron chi connectivity index (χ1n) is 12.1. The third-order valence-corrected chi connectivity index (χ3v) is 8.04. The molecule has 0 N–H and O–H groups in total. The minimum absolute atomic E-state index is 0.0729. The van der Waals surface area contributed by atoms with Crippen molar-refractivity contribution in [2.75, 3.05) is 26.2 Å². The van der Waals surface area contributed by atoms with Gasteiger partial charge in [-0.05, 0) is 75.3 Å². The summed E-state index contributed by atoms with van der Waals surface area (Å²) in [7, 11) is 0. The Balaban J connectivity index is 1.41. The average molecular weight is 461 g/mol. The largest absolute Gasteiger partial charge is 0.457 e. The zero-order valence-corrected chi connectivity index (χ0v) is 20.3. The highest BCUT2D eigenvalue weighted by atomic mass is 32.1. The van der Waals surface area contributed by atoms with E-state index in [1.807, 2.05) is 48.3 Å². The summed E-state index contributed by atoms with van der Waals surface area (Å²) >= 11 is 1.85. The van der Waals surface area contributed by atoms with Crippen LogP contribution < -0.4 is 4.74 Å². The van der Waals surface area contributed by atoms with Crippen molar-refractivity contribution >= 4 is 17.2 Å². The maximum Gasteiger partial charge on any atom is 0.253 e. The number of rotatable bonds is 6. The lowest BCUT2D eigenvalue weighted by atomic mass is 9.74. The summed E-state index contributed by atoms with van der Waals surface area (Å²) in [6.07, 6.45) is 2.34. The van der Waals surface area contributed by atoms with Gasteiger partial charge >= 0.3 is 0 Å². The smallest absolute Gasteiger partial charge is 0.253 e. The van der Waals surface area contributed by atoms with Crippen LogP contribution in [-0.2, 0) is 6.54 Å². The van der Waals surface area contributed by atoms with E-state index in [4.69, 9.17) is 4.74 Å². The van der Waals surface area contributed by atoms with E-state index in [9.17, 15) is 4.79 Å². The Morgan fingerprint density at radius 3 is 2.48 bits per heavy atom. The molecule has 5 heteroatoms. The molecule has 2 aliphatic heterocycles. The van der Waals surface area contributed by atoms with Gasteiger partial charge in [-0.15, -0.1) is 11.3 Å². The Morgan fingerprint density at radius 1 is 1.00 bits per heavy atom. The van der Waals surface area contributed by atoms with Gasteiger partial charge in [0.2, 0.25) is 0 Å². The standard InChI is InChI=1S/C28H32N2O2S/c1-3-30(4-2)28(31)21-11-12-24-26(18-21)32-25-10-6-5-9-23(25)27(24)20-13-15-29(16-14-20)19-22-8-7-17-33-22/h5-12,17-18,20,27H,3-4,13-16,19H2,1-2H3. The summed E-state index contributed by atoms with van der Waals surface area (Å²) in [4.78, 5) is 18.8. The van der Waals surface area contributed by atoms with Gasteiger partial charge in [-0.1, -0.05) is 30.3 Å². The fraction of sp³-hybridized carbons (Fsp3) is 0.393. The first-order valence-corrected chi connectivity index (χ1v) is 13.0. The van der Waals surface area contributed by atoms with E-state index in [0.29, 0.717) is 30.5 Å². The fourth-order valence-corrected chi connectivity index (χ4v) is 6.14. The molecule has 0 aliphatic carbocycles. The monoisotopic (exact) mass is 460 g/mol. The molecule has 2 aromatic carbocycles. The molecule has 1 unspecified atom stereocenters. The molecule has 3 heterocycles. The van der Waals surface area contributed by atoms with Crippen LogP contribution in [0.4, 0.5) is 0 Å². The second-order valence-electron chi connectivity index (χ2n) is 9.04. The molecule has 33 heavy (non-hydrogen) atoms. The number of hydrogen-bond donors (Lipinski definition) is 0. The molecule has 1 saturated heterocycles. The summed E-state index contributed by atoms with van der Waals surface area (Å²) in [6.45, 7) is 8.76. The molecular formula is C28H32N2O2S. The molecule has 0 bridgehead atoms. The highest BCUT2D eigenvalue weighted by Crippen LogP contribution is 2.50. The van der Waals surface area contributed by atoms with Gasteiger partial charge in [-0.25, -0.2) is 0 Å². The Kier molecular flexibility index (Phi) is 6.52. The fourth-order valence-electron chi connectivity index (χ4n) is 5.40. The number of para-hydroxylation sites is 1. The summed E-state index contributed by atoms with van der Waals surface area (Å²) in [5.41, 5.74) is 3.22. The maximum absolute atomic E-state index is 13.0. The first kappa shape index (κ1) is 22.2. The molecule has 1 amide bonds. The topological polar surface area (TPSA) is 32.8 Å². The van der Waals surface area contributed by atoms with Gasteiger partial charge in [0.1, 0.15) is 11.5 Å². The van der Waals surface area contributed by atoms with Crippen molar-refractivity contribution in [3.8, 4) is 11.5 Å². The van der Waals surface area contributed by atoms with E-state index in [2.05, 4.69) is 46.7 Å². The normalized spacial score (nSPS) is 18.3. The lowest BCUT2D eigenvalue weighted by Gasteiger charge is -2.39. The minimum Gasteiger partial charge on any atom is -0.457 e. The SMILES string of the molecule is CCN(CC)C(=O)c1ccc2c(c1)Oc1ccccc1C2C1CCN(Cc2cccs2)CC1.